The van der Waals surface area contributed by atoms with E-state index in [1.807, 2.05) is 0 Å². The number of hydrogen-bond acceptors (Lipinski definition) is 5. The van der Waals surface area contributed by atoms with Crippen LogP contribution in [0.15, 0.2) is 0 Å². The zero-order chi connectivity index (χ0) is 40.5. The SMILES string of the molecule is CCCCCCCCCCC(CCCCCCC(=O)OCCC(CCCCCC)CCCCCC)NC(=O)OC(CCCCCCCCCC)CCN(C)C. The maximum absolute atomic E-state index is 13.3. The summed E-state index contributed by atoms with van der Waals surface area (Å²) in [5.74, 6) is 0.675. The lowest BCUT2D eigenvalue weighted by atomic mass is 9.92. The highest BCUT2D eigenvalue weighted by atomic mass is 16.6. The fourth-order valence-corrected chi connectivity index (χ4v) is 7.91. The number of carbonyl (C=O) groups is 2. The molecule has 0 radical (unpaired) electrons. The molecule has 0 heterocycles. The largest absolute Gasteiger partial charge is 0.466 e. The van der Waals surface area contributed by atoms with E-state index in [2.05, 4.69) is 52.0 Å². The van der Waals surface area contributed by atoms with Gasteiger partial charge in [-0.15, -0.1) is 0 Å². The number of hydrogen-bond donors (Lipinski definition) is 1. The van der Waals surface area contributed by atoms with Gasteiger partial charge in [-0.05, 0) is 65.0 Å². The van der Waals surface area contributed by atoms with Crippen molar-refractivity contribution in [2.45, 2.75) is 271 Å². The Hall–Kier alpha value is -1.30. The molecule has 2 unspecified atom stereocenters. The van der Waals surface area contributed by atoms with Crippen molar-refractivity contribution in [3.8, 4) is 0 Å². The first-order valence-corrected chi connectivity index (χ1v) is 24.6. The van der Waals surface area contributed by atoms with Gasteiger partial charge in [0, 0.05) is 19.0 Å². The standard InChI is InChI=1S/C49H98N2O4/c1-7-11-15-19-21-23-25-31-37-46(50-49(53)55-47(41-43-51(5)6)39-33-26-24-22-20-16-12-8-2)38-32-27-28-34-40-48(52)54-44-42-45(35-29-17-13-9-3)36-30-18-14-10-4/h45-47H,7-44H2,1-6H3,(H,50,53). The number of rotatable bonds is 43. The van der Waals surface area contributed by atoms with E-state index in [0.29, 0.717) is 18.9 Å². The molecular formula is C49H98N2O4. The van der Waals surface area contributed by atoms with E-state index in [-0.39, 0.29) is 24.2 Å². The fraction of sp³-hybridized carbons (Fsp3) is 0.959. The Morgan fingerprint density at radius 3 is 1.35 bits per heavy atom. The summed E-state index contributed by atoms with van der Waals surface area (Å²) in [5.41, 5.74) is 0. The zero-order valence-corrected chi connectivity index (χ0v) is 38.2. The van der Waals surface area contributed by atoms with Gasteiger partial charge in [0.15, 0.2) is 0 Å². The number of carbonyl (C=O) groups excluding carboxylic acids is 2. The quantitative estimate of drug-likeness (QED) is 0.0493. The van der Waals surface area contributed by atoms with Crippen LogP contribution in [0, 0.1) is 5.92 Å². The van der Waals surface area contributed by atoms with Crippen LogP contribution >= 0.6 is 0 Å². The highest BCUT2D eigenvalue weighted by molar-refractivity contribution is 5.69. The first-order chi connectivity index (χ1) is 26.9. The van der Waals surface area contributed by atoms with Crippen LogP contribution in [0.1, 0.15) is 259 Å². The van der Waals surface area contributed by atoms with E-state index in [0.717, 1.165) is 77.2 Å². The maximum atomic E-state index is 13.3. The summed E-state index contributed by atoms with van der Waals surface area (Å²) in [6.07, 6.45) is 43.0. The second-order valence-electron chi connectivity index (χ2n) is 17.5. The minimum Gasteiger partial charge on any atom is -0.466 e. The minimum atomic E-state index is -0.222. The normalized spacial score (nSPS) is 12.7. The molecule has 0 aliphatic carbocycles. The number of esters is 1. The van der Waals surface area contributed by atoms with Crippen molar-refractivity contribution in [2.75, 3.05) is 27.2 Å². The Kier molecular flexibility index (Phi) is 41.3. The fourth-order valence-electron chi connectivity index (χ4n) is 7.91. The summed E-state index contributed by atoms with van der Waals surface area (Å²) >= 11 is 0. The van der Waals surface area contributed by atoms with Gasteiger partial charge in [-0.1, -0.05) is 207 Å². The van der Waals surface area contributed by atoms with Crippen molar-refractivity contribution in [1.29, 1.82) is 0 Å². The topological polar surface area (TPSA) is 67.9 Å². The lowest BCUT2D eigenvalue weighted by Crippen LogP contribution is -2.38. The third-order valence-corrected chi connectivity index (χ3v) is 11.7. The molecule has 1 N–H and O–H groups in total. The van der Waals surface area contributed by atoms with E-state index < -0.39 is 0 Å². The Bertz CT molecular complexity index is 794. The summed E-state index contributed by atoms with van der Waals surface area (Å²) in [5, 5.41) is 3.31. The second kappa shape index (κ2) is 42.3. The van der Waals surface area contributed by atoms with Crippen molar-refractivity contribution < 1.29 is 19.1 Å². The lowest BCUT2D eigenvalue weighted by molar-refractivity contribution is -0.144. The molecule has 0 rings (SSSR count). The van der Waals surface area contributed by atoms with Gasteiger partial charge in [-0.2, -0.15) is 0 Å². The molecule has 0 aromatic carbocycles. The van der Waals surface area contributed by atoms with Gasteiger partial charge < -0.3 is 19.7 Å². The molecular weight excluding hydrogens is 681 g/mol. The highest BCUT2D eigenvalue weighted by Gasteiger charge is 2.19. The van der Waals surface area contributed by atoms with Crippen LogP contribution in [0.5, 0.6) is 0 Å². The monoisotopic (exact) mass is 779 g/mol. The molecule has 2 atom stereocenters. The van der Waals surface area contributed by atoms with Crippen molar-refractivity contribution in [3.63, 3.8) is 0 Å². The van der Waals surface area contributed by atoms with E-state index in [4.69, 9.17) is 9.47 Å². The van der Waals surface area contributed by atoms with Crippen molar-refractivity contribution in [1.82, 2.24) is 10.2 Å². The predicted molar refractivity (Wildman–Crippen MR) is 239 cm³/mol. The summed E-state index contributed by atoms with van der Waals surface area (Å²) in [6, 6.07) is 0.159. The van der Waals surface area contributed by atoms with Crippen molar-refractivity contribution in [2.24, 2.45) is 5.92 Å². The summed E-state index contributed by atoms with van der Waals surface area (Å²) in [4.78, 5) is 28.0. The molecule has 0 spiro atoms. The van der Waals surface area contributed by atoms with Gasteiger partial charge in [0.25, 0.3) is 0 Å². The third-order valence-electron chi connectivity index (χ3n) is 11.7. The van der Waals surface area contributed by atoms with Crippen LogP contribution in [0.3, 0.4) is 0 Å². The van der Waals surface area contributed by atoms with Crippen LogP contribution in [-0.4, -0.2) is 56.4 Å². The van der Waals surface area contributed by atoms with Gasteiger partial charge in [-0.25, -0.2) is 4.79 Å². The second-order valence-corrected chi connectivity index (χ2v) is 17.5. The van der Waals surface area contributed by atoms with Crippen molar-refractivity contribution >= 4 is 12.1 Å². The zero-order valence-electron chi connectivity index (χ0n) is 38.2. The molecule has 1 amide bonds. The number of ether oxygens (including phenoxy) is 2. The summed E-state index contributed by atoms with van der Waals surface area (Å²) < 4.78 is 11.8. The van der Waals surface area contributed by atoms with E-state index in [1.165, 1.54) is 154 Å². The Labute approximate surface area is 344 Å². The van der Waals surface area contributed by atoms with E-state index >= 15 is 0 Å². The molecule has 0 aromatic heterocycles. The molecule has 0 saturated carbocycles. The first-order valence-electron chi connectivity index (χ1n) is 24.6. The number of nitrogens with zero attached hydrogens (tertiary/aromatic N) is 1. The molecule has 328 valence electrons. The smallest absolute Gasteiger partial charge is 0.407 e. The molecule has 0 aliphatic heterocycles. The summed E-state index contributed by atoms with van der Waals surface area (Å²) in [7, 11) is 4.19. The Morgan fingerprint density at radius 1 is 0.473 bits per heavy atom. The molecule has 55 heavy (non-hydrogen) atoms. The van der Waals surface area contributed by atoms with Crippen LogP contribution in [0.25, 0.3) is 0 Å². The van der Waals surface area contributed by atoms with Gasteiger partial charge in [0.05, 0.1) is 6.61 Å². The number of amides is 1. The van der Waals surface area contributed by atoms with E-state index in [9.17, 15) is 9.59 Å². The Morgan fingerprint density at radius 2 is 0.873 bits per heavy atom. The molecule has 0 saturated heterocycles. The van der Waals surface area contributed by atoms with Crippen LogP contribution in [-0.2, 0) is 14.3 Å². The highest BCUT2D eigenvalue weighted by Crippen LogP contribution is 2.22. The van der Waals surface area contributed by atoms with Crippen LogP contribution in [0.2, 0.25) is 0 Å². The van der Waals surface area contributed by atoms with Gasteiger partial charge >= 0.3 is 12.1 Å². The molecule has 0 bridgehead atoms. The lowest BCUT2D eigenvalue weighted by Gasteiger charge is -2.23. The average Bonchev–Trinajstić information content (AvgIpc) is 3.16. The van der Waals surface area contributed by atoms with Crippen LogP contribution in [0.4, 0.5) is 4.79 Å². The molecule has 6 nitrogen and oxygen atoms in total. The van der Waals surface area contributed by atoms with Crippen LogP contribution < -0.4 is 5.32 Å². The van der Waals surface area contributed by atoms with Gasteiger partial charge in [0.2, 0.25) is 0 Å². The molecule has 0 aliphatic rings. The minimum absolute atomic E-state index is 0.0199. The Balaban J connectivity index is 4.73. The average molecular weight is 779 g/mol. The molecule has 0 aromatic rings. The number of alkyl carbamates (subject to hydrolysis) is 1. The first kappa shape index (κ1) is 53.7. The van der Waals surface area contributed by atoms with Crippen molar-refractivity contribution in [3.05, 3.63) is 0 Å². The van der Waals surface area contributed by atoms with Gasteiger partial charge in [0.1, 0.15) is 6.10 Å². The van der Waals surface area contributed by atoms with Gasteiger partial charge in [-0.3, -0.25) is 4.79 Å². The maximum Gasteiger partial charge on any atom is 0.407 e. The molecule has 6 heteroatoms. The third kappa shape index (κ3) is 39.3. The number of unbranched alkanes of at least 4 members (excludes halogenated alkanes) is 23. The summed E-state index contributed by atoms with van der Waals surface area (Å²) in [6.45, 7) is 10.6. The molecule has 0 fully saturated rings. The van der Waals surface area contributed by atoms with E-state index in [1.54, 1.807) is 0 Å². The number of nitrogens with one attached hydrogen (secondary N) is 1. The predicted octanol–water partition coefficient (Wildman–Crippen LogP) is 15.3.